The summed E-state index contributed by atoms with van der Waals surface area (Å²) in [5, 5.41) is 0. The van der Waals surface area contributed by atoms with E-state index >= 15 is 0 Å². The van der Waals surface area contributed by atoms with E-state index in [4.69, 9.17) is 5.73 Å². The second kappa shape index (κ2) is 5.25. The van der Waals surface area contributed by atoms with Gasteiger partial charge in [0.2, 0.25) is 0 Å². The highest BCUT2D eigenvalue weighted by Crippen LogP contribution is 2.26. The summed E-state index contributed by atoms with van der Waals surface area (Å²) in [5.41, 5.74) is 8.47. The summed E-state index contributed by atoms with van der Waals surface area (Å²) in [4.78, 5) is 16.3. The van der Waals surface area contributed by atoms with Gasteiger partial charge in [-0.2, -0.15) is 0 Å². The number of aryl methyl sites for hydroxylation is 2. The Bertz CT molecular complexity index is 671. The molecule has 2 aromatic rings. The Balaban J connectivity index is 1.91. The zero-order chi connectivity index (χ0) is 14.1. The molecule has 0 fully saturated rings. The molecule has 3 rings (SSSR count). The predicted molar refractivity (Wildman–Crippen MR) is 77.5 cm³/mol. The van der Waals surface area contributed by atoms with Gasteiger partial charge in [-0.1, -0.05) is 6.07 Å². The molecule has 2 N–H and O–H groups in total. The van der Waals surface area contributed by atoms with Crippen LogP contribution in [0.15, 0.2) is 29.3 Å². The number of fused-ring (bicyclic) bond motifs is 1. The van der Waals surface area contributed by atoms with Crippen LogP contribution in [-0.4, -0.2) is 14.1 Å². The lowest BCUT2D eigenvalue weighted by molar-refractivity contribution is 0.490. The quantitative estimate of drug-likeness (QED) is 0.918. The number of pyridine rings is 1. The first-order valence-corrected chi connectivity index (χ1v) is 7.13. The first-order chi connectivity index (χ1) is 9.66. The van der Waals surface area contributed by atoms with Gasteiger partial charge >= 0.3 is 0 Å². The normalized spacial score (nSPS) is 18.0. The van der Waals surface area contributed by atoms with Gasteiger partial charge < -0.3 is 14.9 Å². The fourth-order valence-electron chi connectivity index (χ4n) is 2.99. The van der Waals surface area contributed by atoms with E-state index < -0.39 is 0 Å². The van der Waals surface area contributed by atoms with Gasteiger partial charge in [0.15, 0.2) is 0 Å². The standard InChI is InChI=1S/C15H20N4O/c1-11-17-7-8-18(11)9-10-19-14-4-2-3-13(16)12(14)5-6-15(19)20/h5-8,13H,2-4,9-10,16H2,1H3. The van der Waals surface area contributed by atoms with E-state index in [-0.39, 0.29) is 11.6 Å². The molecule has 1 aliphatic carbocycles. The van der Waals surface area contributed by atoms with Crippen molar-refractivity contribution in [3.8, 4) is 0 Å². The second-order valence-electron chi connectivity index (χ2n) is 5.39. The first kappa shape index (κ1) is 13.1. The van der Waals surface area contributed by atoms with Crippen molar-refractivity contribution in [1.29, 1.82) is 0 Å². The van der Waals surface area contributed by atoms with Gasteiger partial charge in [-0.15, -0.1) is 0 Å². The predicted octanol–water partition coefficient (Wildman–Crippen LogP) is 1.39. The summed E-state index contributed by atoms with van der Waals surface area (Å²) in [5.74, 6) is 0.972. The van der Waals surface area contributed by atoms with E-state index in [1.54, 1.807) is 12.3 Å². The minimum atomic E-state index is 0.0654. The second-order valence-corrected chi connectivity index (χ2v) is 5.39. The number of nitrogens with two attached hydrogens (primary N) is 1. The average molecular weight is 272 g/mol. The largest absolute Gasteiger partial charge is 0.333 e. The van der Waals surface area contributed by atoms with E-state index in [2.05, 4.69) is 9.55 Å². The summed E-state index contributed by atoms with van der Waals surface area (Å²) < 4.78 is 3.95. The number of imidazole rings is 1. The van der Waals surface area contributed by atoms with Crippen LogP contribution in [0.4, 0.5) is 0 Å². The highest BCUT2D eigenvalue weighted by Gasteiger charge is 2.20. The topological polar surface area (TPSA) is 65.8 Å². The molecule has 0 amide bonds. The summed E-state index contributed by atoms with van der Waals surface area (Å²) in [6.07, 6.45) is 6.74. The molecule has 20 heavy (non-hydrogen) atoms. The molecule has 0 spiro atoms. The summed E-state index contributed by atoms with van der Waals surface area (Å²) in [7, 11) is 0. The molecule has 0 bridgehead atoms. The Labute approximate surface area is 118 Å². The maximum atomic E-state index is 12.1. The molecule has 0 saturated carbocycles. The Morgan fingerprint density at radius 3 is 3.00 bits per heavy atom. The van der Waals surface area contributed by atoms with Crippen molar-refractivity contribution < 1.29 is 0 Å². The van der Waals surface area contributed by atoms with Crippen LogP contribution in [0.3, 0.4) is 0 Å². The number of hydrogen-bond acceptors (Lipinski definition) is 3. The molecule has 0 aromatic carbocycles. The first-order valence-electron chi connectivity index (χ1n) is 7.13. The van der Waals surface area contributed by atoms with Crippen molar-refractivity contribution in [2.75, 3.05) is 0 Å². The lowest BCUT2D eigenvalue weighted by Crippen LogP contribution is -2.30. The SMILES string of the molecule is Cc1nccn1CCn1c2c(ccc1=O)C(N)CCC2. The number of nitrogens with zero attached hydrogens (tertiary/aromatic N) is 3. The van der Waals surface area contributed by atoms with Crippen molar-refractivity contribution in [2.24, 2.45) is 5.73 Å². The van der Waals surface area contributed by atoms with Crippen LogP contribution in [0.25, 0.3) is 0 Å². The molecule has 106 valence electrons. The smallest absolute Gasteiger partial charge is 0.250 e. The third-order valence-corrected chi connectivity index (χ3v) is 4.15. The summed E-state index contributed by atoms with van der Waals surface area (Å²) in [6, 6.07) is 3.62. The highest BCUT2D eigenvalue weighted by atomic mass is 16.1. The molecule has 0 saturated heterocycles. The Morgan fingerprint density at radius 1 is 1.40 bits per heavy atom. The van der Waals surface area contributed by atoms with E-state index in [0.717, 1.165) is 42.9 Å². The zero-order valence-corrected chi connectivity index (χ0v) is 11.7. The van der Waals surface area contributed by atoms with Gasteiger partial charge in [-0.05, 0) is 31.7 Å². The molecule has 0 aliphatic heterocycles. The van der Waals surface area contributed by atoms with Crippen LogP contribution in [0, 0.1) is 6.92 Å². The molecule has 5 nitrogen and oxygen atoms in total. The molecule has 1 unspecified atom stereocenters. The molecular weight excluding hydrogens is 252 g/mol. The van der Waals surface area contributed by atoms with Crippen molar-refractivity contribution in [3.05, 3.63) is 52.0 Å². The monoisotopic (exact) mass is 272 g/mol. The minimum absolute atomic E-state index is 0.0654. The molecule has 2 aromatic heterocycles. The van der Waals surface area contributed by atoms with E-state index in [1.807, 2.05) is 23.8 Å². The highest BCUT2D eigenvalue weighted by molar-refractivity contribution is 5.27. The van der Waals surface area contributed by atoms with Crippen LogP contribution in [0.1, 0.15) is 36.0 Å². The fraction of sp³-hybridized carbons (Fsp3) is 0.467. The number of hydrogen-bond donors (Lipinski definition) is 1. The van der Waals surface area contributed by atoms with Gasteiger partial charge in [0.05, 0.1) is 0 Å². The van der Waals surface area contributed by atoms with Gasteiger partial charge in [-0.3, -0.25) is 4.79 Å². The number of aromatic nitrogens is 3. The third kappa shape index (κ3) is 2.29. The van der Waals surface area contributed by atoms with Crippen molar-refractivity contribution in [3.63, 3.8) is 0 Å². The summed E-state index contributed by atoms with van der Waals surface area (Å²) in [6.45, 7) is 3.41. The van der Waals surface area contributed by atoms with Gasteiger partial charge in [-0.25, -0.2) is 4.98 Å². The Kier molecular flexibility index (Phi) is 3.44. The van der Waals surface area contributed by atoms with Crippen LogP contribution in [0.5, 0.6) is 0 Å². The average Bonchev–Trinajstić information content (AvgIpc) is 2.83. The van der Waals surface area contributed by atoms with E-state index in [0.29, 0.717) is 6.54 Å². The van der Waals surface area contributed by atoms with Crippen LogP contribution in [0.2, 0.25) is 0 Å². The van der Waals surface area contributed by atoms with E-state index in [9.17, 15) is 4.79 Å². The lowest BCUT2D eigenvalue weighted by Gasteiger charge is -2.25. The molecule has 2 heterocycles. The molecule has 1 aliphatic rings. The van der Waals surface area contributed by atoms with Crippen LogP contribution >= 0.6 is 0 Å². The minimum Gasteiger partial charge on any atom is -0.333 e. The fourth-order valence-corrected chi connectivity index (χ4v) is 2.99. The van der Waals surface area contributed by atoms with Crippen molar-refractivity contribution >= 4 is 0 Å². The Morgan fingerprint density at radius 2 is 2.25 bits per heavy atom. The Hall–Kier alpha value is -1.88. The maximum Gasteiger partial charge on any atom is 0.250 e. The molecule has 5 heteroatoms. The molecule has 0 radical (unpaired) electrons. The van der Waals surface area contributed by atoms with Gasteiger partial charge in [0, 0.05) is 43.3 Å². The molecule has 1 atom stereocenters. The summed E-state index contributed by atoms with van der Waals surface area (Å²) >= 11 is 0. The van der Waals surface area contributed by atoms with E-state index in [1.165, 1.54) is 0 Å². The van der Waals surface area contributed by atoms with Crippen molar-refractivity contribution in [2.45, 2.75) is 45.3 Å². The zero-order valence-electron chi connectivity index (χ0n) is 11.7. The van der Waals surface area contributed by atoms with Crippen molar-refractivity contribution in [1.82, 2.24) is 14.1 Å². The maximum absolute atomic E-state index is 12.1. The molecular formula is C15H20N4O. The van der Waals surface area contributed by atoms with Crippen LogP contribution < -0.4 is 11.3 Å². The number of rotatable bonds is 3. The third-order valence-electron chi connectivity index (χ3n) is 4.15. The van der Waals surface area contributed by atoms with Gasteiger partial charge in [0.1, 0.15) is 5.82 Å². The van der Waals surface area contributed by atoms with Crippen LogP contribution in [-0.2, 0) is 19.5 Å². The van der Waals surface area contributed by atoms with Gasteiger partial charge in [0.25, 0.3) is 5.56 Å². The lowest BCUT2D eigenvalue weighted by atomic mass is 9.91.